The molecule has 0 aliphatic carbocycles. The summed E-state index contributed by atoms with van der Waals surface area (Å²) in [4.78, 5) is 0. The van der Waals surface area contributed by atoms with E-state index < -0.39 is 0 Å². The predicted octanol–water partition coefficient (Wildman–Crippen LogP) is 4.15. The molecule has 1 heteroatoms. The van der Waals surface area contributed by atoms with Crippen molar-refractivity contribution >= 4 is 10.9 Å². The number of benzene rings is 2. The van der Waals surface area contributed by atoms with E-state index in [0.717, 1.165) is 0 Å². The summed E-state index contributed by atoms with van der Waals surface area (Å²) in [5.41, 5.74) is 5.14. The first-order valence-electron chi connectivity index (χ1n) is 5.87. The smallest absolute Gasteiger partial charge is 0.0486 e. The van der Waals surface area contributed by atoms with Gasteiger partial charge in [-0.3, -0.25) is 0 Å². The van der Waals surface area contributed by atoms with Gasteiger partial charge in [-0.2, -0.15) is 0 Å². The van der Waals surface area contributed by atoms with Crippen molar-refractivity contribution in [3.05, 3.63) is 60.3 Å². The molecular weight excluding hydrogens is 206 g/mol. The van der Waals surface area contributed by atoms with E-state index in [1.807, 2.05) is 0 Å². The molecule has 0 saturated heterocycles. The first-order valence-corrected chi connectivity index (χ1v) is 5.87. The van der Waals surface area contributed by atoms with Crippen LogP contribution in [0.2, 0.25) is 0 Å². The lowest BCUT2D eigenvalue weighted by Crippen LogP contribution is -1.89. The zero-order valence-electron chi connectivity index (χ0n) is 10.1. The third-order valence-electron chi connectivity index (χ3n) is 3.39. The number of aryl methyl sites for hydroxylation is 2. The van der Waals surface area contributed by atoms with E-state index in [2.05, 4.69) is 73.1 Å². The minimum Gasteiger partial charge on any atom is -0.348 e. The lowest BCUT2D eigenvalue weighted by Gasteiger charge is -2.03. The number of hydrogen-bond acceptors (Lipinski definition) is 0. The molecule has 0 aliphatic rings. The molecule has 0 atom stereocenters. The molecule has 0 bridgehead atoms. The predicted molar refractivity (Wildman–Crippen MR) is 73.1 cm³/mol. The number of aromatic nitrogens is 1. The molecule has 17 heavy (non-hydrogen) atoms. The third-order valence-corrected chi connectivity index (χ3v) is 3.39. The summed E-state index contributed by atoms with van der Waals surface area (Å²) in [6, 6.07) is 19.4. The van der Waals surface area contributed by atoms with Crippen LogP contribution in [0.25, 0.3) is 22.0 Å². The first-order chi connectivity index (χ1) is 8.25. The summed E-state index contributed by atoms with van der Waals surface area (Å²) < 4.78 is 2.24. The average Bonchev–Trinajstić information content (AvgIpc) is 2.66. The van der Waals surface area contributed by atoms with Gasteiger partial charge in [0.05, 0.1) is 0 Å². The Labute approximate surface area is 101 Å². The van der Waals surface area contributed by atoms with E-state index >= 15 is 0 Å². The molecule has 0 aliphatic heterocycles. The fourth-order valence-corrected chi connectivity index (χ4v) is 2.28. The highest BCUT2D eigenvalue weighted by Crippen LogP contribution is 2.25. The maximum atomic E-state index is 2.26. The van der Waals surface area contributed by atoms with Gasteiger partial charge in [-0.25, -0.2) is 0 Å². The molecule has 84 valence electrons. The van der Waals surface area contributed by atoms with Crippen molar-refractivity contribution in [3.63, 3.8) is 0 Å². The molecule has 0 amide bonds. The van der Waals surface area contributed by atoms with Crippen molar-refractivity contribution in [1.29, 1.82) is 0 Å². The molecule has 0 N–H and O–H groups in total. The molecule has 1 aromatic heterocycles. The Balaban J connectivity index is 2.23. The number of nitrogens with zero attached hydrogens (tertiary/aromatic N) is 1. The second-order valence-electron chi connectivity index (χ2n) is 4.48. The zero-order chi connectivity index (χ0) is 11.8. The van der Waals surface area contributed by atoms with Crippen molar-refractivity contribution in [3.8, 4) is 11.1 Å². The van der Waals surface area contributed by atoms with E-state index in [1.165, 1.54) is 27.7 Å². The van der Waals surface area contributed by atoms with E-state index in [1.54, 1.807) is 0 Å². The fourth-order valence-electron chi connectivity index (χ4n) is 2.28. The van der Waals surface area contributed by atoms with Gasteiger partial charge in [0.2, 0.25) is 0 Å². The molecule has 3 aromatic rings. The highest BCUT2D eigenvalue weighted by molar-refractivity contribution is 5.86. The van der Waals surface area contributed by atoms with Gasteiger partial charge in [-0.15, -0.1) is 0 Å². The third kappa shape index (κ3) is 1.64. The van der Waals surface area contributed by atoms with Gasteiger partial charge >= 0.3 is 0 Å². The van der Waals surface area contributed by atoms with Crippen LogP contribution < -0.4 is 0 Å². The molecule has 1 nitrogen and oxygen atoms in total. The SMILES string of the molecule is Cc1cc2ccc(-c3ccccc3)cc2n1C. The minimum atomic E-state index is 1.27. The summed E-state index contributed by atoms with van der Waals surface area (Å²) in [6.45, 7) is 2.14. The first kappa shape index (κ1) is 10.2. The zero-order valence-corrected chi connectivity index (χ0v) is 10.1. The number of fused-ring (bicyclic) bond motifs is 1. The van der Waals surface area contributed by atoms with Gasteiger partial charge in [-0.1, -0.05) is 42.5 Å². The Bertz CT molecular complexity index is 663. The Morgan fingerprint density at radius 2 is 1.59 bits per heavy atom. The van der Waals surface area contributed by atoms with Gasteiger partial charge < -0.3 is 4.57 Å². The van der Waals surface area contributed by atoms with Crippen LogP contribution in [-0.2, 0) is 7.05 Å². The molecule has 0 saturated carbocycles. The number of hydrogen-bond donors (Lipinski definition) is 0. The second-order valence-corrected chi connectivity index (χ2v) is 4.48. The van der Waals surface area contributed by atoms with Crippen LogP contribution in [0.15, 0.2) is 54.6 Å². The van der Waals surface area contributed by atoms with E-state index in [0.29, 0.717) is 0 Å². The average molecular weight is 221 g/mol. The van der Waals surface area contributed by atoms with Crippen molar-refractivity contribution in [2.45, 2.75) is 6.92 Å². The number of rotatable bonds is 1. The van der Waals surface area contributed by atoms with Crippen LogP contribution in [0, 0.1) is 6.92 Å². The molecule has 0 unspecified atom stereocenters. The van der Waals surface area contributed by atoms with Crippen molar-refractivity contribution in [2.75, 3.05) is 0 Å². The second kappa shape index (κ2) is 3.77. The molecule has 3 rings (SSSR count). The monoisotopic (exact) mass is 221 g/mol. The summed E-state index contributed by atoms with van der Waals surface area (Å²) in [5.74, 6) is 0. The topological polar surface area (TPSA) is 4.93 Å². The van der Waals surface area contributed by atoms with Gasteiger partial charge in [-0.05, 0) is 35.6 Å². The summed E-state index contributed by atoms with van der Waals surface area (Å²) >= 11 is 0. The summed E-state index contributed by atoms with van der Waals surface area (Å²) in [7, 11) is 2.12. The maximum Gasteiger partial charge on any atom is 0.0486 e. The summed E-state index contributed by atoms with van der Waals surface area (Å²) in [6.07, 6.45) is 0. The van der Waals surface area contributed by atoms with Gasteiger partial charge in [0.15, 0.2) is 0 Å². The minimum absolute atomic E-state index is 1.27. The van der Waals surface area contributed by atoms with Crippen molar-refractivity contribution < 1.29 is 0 Å². The van der Waals surface area contributed by atoms with Crippen molar-refractivity contribution in [2.24, 2.45) is 7.05 Å². The highest BCUT2D eigenvalue weighted by Gasteiger charge is 2.04. The normalized spacial score (nSPS) is 10.9. The van der Waals surface area contributed by atoms with Crippen LogP contribution >= 0.6 is 0 Å². The largest absolute Gasteiger partial charge is 0.348 e. The molecule has 1 heterocycles. The van der Waals surface area contributed by atoms with E-state index in [9.17, 15) is 0 Å². The van der Waals surface area contributed by atoms with Crippen LogP contribution in [0.5, 0.6) is 0 Å². The summed E-state index contributed by atoms with van der Waals surface area (Å²) in [5, 5.41) is 1.31. The lowest BCUT2D eigenvalue weighted by atomic mass is 10.0. The van der Waals surface area contributed by atoms with Crippen LogP contribution in [-0.4, -0.2) is 4.57 Å². The van der Waals surface area contributed by atoms with Gasteiger partial charge in [0.25, 0.3) is 0 Å². The standard InChI is InChI=1S/C16H15N/c1-12-10-15-9-8-14(11-16(15)17(12)2)13-6-4-3-5-7-13/h3-11H,1-2H3. The molecular formula is C16H15N. The van der Waals surface area contributed by atoms with E-state index in [4.69, 9.17) is 0 Å². The Morgan fingerprint density at radius 1 is 0.824 bits per heavy atom. The highest BCUT2D eigenvalue weighted by atomic mass is 14.9. The maximum absolute atomic E-state index is 2.26. The molecule has 0 radical (unpaired) electrons. The van der Waals surface area contributed by atoms with Crippen LogP contribution in [0.1, 0.15) is 5.69 Å². The quantitative estimate of drug-likeness (QED) is 0.581. The molecule has 0 spiro atoms. The van der Waals surface area contributed by atoms with Crippen LogP contribution in [0.4, 0.5) is 0 Å². The fraction of sp³-hybridized carbons (Fsp3) is 0.125. The Hall–Kier alpha value is -2.02. The Morgan fingerprint density at radius 3 is 2.35 bits per heavy atom. The van der Waals surface area contributed by atoms with E-state index in [-0.39, 0.29) is 0 Å². The van der Waals surface area contributed by atoms with Gasteiger partial charge in [0, 0.05) is 18.3 Å². The van der Waals surface area contributed by atoms with Crippen molar-refractivity contribution in [1.82, 2.24) is 4.57 Å². The Kier molecular flexibility index (Phi) is 2.25. The van der Waals surface area contributed by atoms with Crippen LogP contribution in [0.3, 0.4) is 0 Å². The molecule has 0 fully saturated rings. The molecule has 2 aromatic carbocycles. The van der Waals surface area contributed by atoms with Gasteiger partial charge in [0.1, 0.15) is 0 Å². The lowest BCUT2D eigenvalue weighted by molar-refractivity contribution is 0.918.